The van der Waals surface area contributed by atoms with Crippen molar-refractivity contribution < 1.29 is 0 Å². The largest absolute Gasteiger partial charge is 0.261 e. The van der Waals surface area contributed by atoms with Crippen LogP contribution in [0.15, 0.2) is 36.5 Å². The van der Waals surface area contributed by atoms with Crippen LogP contribution in [0.3, 0.4) is 0 Å². The van der Waals surface area contributed by atoms with Crippen LogP contribution in [0, 0.1) is 0 Å². The van der Waals surface area contributed by atoms with E-state index in [0.717, 1.165) is 6.42 Å². The number of hydrogen-bond acceptors (Lipinski definition) is 1. The predicted octanol–water partition coefficient (Wildman–Crippen LogP) is 3.58. The third-order valence-corrected chi connectivity index (χ3v) is 2.47. The first-order chi connectivity index (χ1) is 6.90. The lowest BCUT2D eigenvalue weighted by molar-refractivity contribution is 0.778. The minimum atomic E-state index is 1.10. The molecule has 1 aromatic carbocycles. The summed E-state index contributed by atoms with van der Waals surface area (Å²) in [5.74, 6) is 0. The number of aromatic nitrogens is 1. The highest BCUT2D eigenvalue weighted by atomic mass is 14.7. The van der Waals surface area contributed by atoms with E-state index < -0.39 is 0 Å². The molecule has 0 fully saturated rings. The second-order valence-corrected chi connectivity index (χ2v) is 3.63. The van der Waals surface area contributed by atoms with Gasteiger partial charge >= 0.3 is 0 Å². The molecule has 2 aromatic rings. The molecule has 0 aliphatic rings. The van der Waals surface area contributed by atoms with Crippen LogP contribution in [0.4, 0.5) is 0 Å². The molecule has 0 N–H and O–H groups in total. The van der Waals surface area contributed by atoms with E-state index in [4.69, 9.17) is 0 Å². The summed E-state index contributed by atoms with van der Waals surface area (Å²) in [6, 6.07) is 10.6. The van der Waals surface area contributed by atoms with Crippen molar-refractivity contribution in [2.75, 3.05) is 0 Å². The van der Waals surface area contributed by atoms with Crippen LogP contribution in [0.5, 0.6) is 0 Å². The van der Waals surface area contributed by atoms with Gasteiger partial charge in [-0.3, -0.25) is 4.98 Å². The molecule has 0 saturated carbocycles. The average molecular weight is 185 g/mol. The Labute approximate surface area is 84.8 Å². The topological polar surface area (TPSA) is 12.9 Å². The minimum Gasteiger partial charge on any atom is -0.261 e. The summed E-state index contributed by atoms with van der Waals surface area (Å²) in [4.78, 5) is 4.44. The fourth-order valence-electron chi connectivity index (χ4n) is 1.62. The quantitative estimate of drug-likeness (QED) is 0.712. The van der Waals surface area contributed by atoms with E-state index in [1.807, 2.05) is 6.20 Å². The Bertz CT molecular complexity index is 420. The molecule has 0 amide bonds. The summed E-state index contributed by atoms with van der Waals surface area (Å²) in [6.07, 6.45) is 5.53. The van der Waals surface area contributed by atoms with Gasteiger partial charge in [0.2, 0.25) is 0 Å². The molecular weight excluding hydrogens is 170 g/mol. The first kappa shape index (κ1) is 9.20. The summed E-state index contributed by atoms with van der Waals surface area (Å²) in [6.45, 7) is 2.21. The highest BCUT2D eigenvalue weighted by Gasteiger charge is 1.96. The SMILES string of the molecule is CCCCc1cc2ccccc2cn1. The molecule has 1 aromatic heterocycles. The first-order valence-corrected chi connectivity index (χ1v) is 5.24. The number of benzene rings is 1. The van der Waals surface area contributed by atoms with E-state index >= 15 is 0 Å². The van der Waals surface area contributed by atoms with Crippen molar-refractivity contribution in [2.24, 2.45) is 0 Å². The third kappa shape index (κ3) is 1.92. The lowest BCUT2D eigenvalue weighted by Gasteiger charge is -2.01. The van der Waals surface area contributed by atoms with Gasteiger partial charge in [0, 0.05) is 17.3 Å². The molecule has 1 heterocycles. The molecule has 0 bridgehead atoms. The van der Waals surface area contributed by atoms with Gasteiger partial charge in [-0.15, -0.1) is 0 Å². The maximum atomic E-state index is 4.44. The Morgan fingerprint density at radius 3 is 2.71 bits per heavy atom. The second kappa shape index (κ2) is 4.23. The van der Waals surface area contributed by atoms with Crippen LogP contribution in [0.2, 0.25) is 0 Å². The predicted molar refractivity (Wildman–Crippen MR) is 60.4 cm³/mol. The van der Waals surface area contributed by atoms with Gasteiger partial charge in [0.05, 0.1) is 0 Å². The zero-order valence-electron chi connectivity index (χ0n) is 8.53. The smallest absolute Gasteiger partial charge is 0.0410 e. The number of unbranched alkanes of at least 4 members (excludes halogenated alkanes) is 1. The fraction of sp³-hybridized carbons (Fsp3) is 0.308. The van der Waals surface area contributed by atoms with Gasteiger partial charge in [-0.1, -0.05) is 37.6 Å². The van der Waals surface area contributed by atoms with Crippen LogP contribution in [-0.4, -0.2) is 4.98 Å². The molecular formula is C13H15N. The van der Waals surface area contributed by atoms with E-state index in [0.29, 0.717) is 0 Å². The van der Waals surface area contributed by atoms with Crippen molar-refractivity contribution >= 4 is 10.8 Å². The van der Waals surface area contributed by atoms with E-state index in [1.54, 1.807) is 0 Å². The number of nitrogens with zero attached hydrogens (tertiary/aromatic N) is 1. The highest BCUT2D eigenvalue weighted by molar-refractivity contribution is 5.81. The average Bonchev–Trinajstić information content (AvgIpc) is 2.26. The van der Waals surface area contributed by atoms with Crippen LogP contribution < -0.4 is 0 Å². The molecule has 72 valence electrons. The number of pyridine rings is 1. The van der Waals surface area contributed by atoms with Crippen molar-refractivity contribution in [1.82, 2.24) is 4.98 Å². The summed E-state index contributed by atoms with van der Waals surface area (Å²) in [7, 11) is 0. The maximum absolute atomic E-state index is 4.44. The van der Waals surface area contributed by atoms with E-state index in [-0.39, 0.29) is 0 Å². The van der Waals surface area contributed by atoms with Gasteiger partial charge in [0.15, 0.2) is 0 Å². The lowest BCUT2D eigenvalue weighted by atomic mass is 10.1. The number of fused-ring (bicyclic) bond motifs is 1. The van der Waals surface area contributed by atoms with Crippen LogP contribution >= 0.6 is 0 Å². The third-order valence-electron chi connectivity index (χ3n) is 2.47. The highest BCUT2D eigenvalue weighted by Crippen LogP contribution is 2.14. The number of hydrogen-bond donors (Lipinski definition) is 0. The molecule has 0 aliphatic heterocycles. The molecule has 0 saturated heterocycles. The van der Waals surface area contributed by atoms with E-state index in [9.17, 15) is 0 Å². The zero-order chi connectivity index (χ0) is 9.80. The number of rotatable bonds is 3. The summed E-state index contributed by atoms with van der Waals surface area (Å²) < 4.78 is 0. The van der Waals surface area contributed by atoms with E-state index in [1.165, 1.54) is 29.3 Å². The van der Waals surface area contributed by atoms with Crippen molar-refractivity contribution in [2.45, 2.75) is 26.2 Å². The van der Waals surface area contributed by atoms with Crippen molar-refractivity contribution in [3.8, 4) is 0 Å². The molecule has 14 heavy (non-hydrogen) atoms. The summed E-state index contributed by atoms with van der Waals surface area (Å²) in [5.41, 5.74) is 1.21. The van der Waals surface area contributed by atoms with Crippen molar-refractivity contribution in [1.29, 1.82) is 0 Å². The Morgan fingerprint density at radius 1 is 1.14 bits per heavy atom. The van der Waals surface area contributed by atoms with Crippen molar-refractivity contribution in [3.05, 3.63) is 42.2 Å². The molecule has 0 atom stereocenters. The minimum absolute atomic E-state index is 1.10. The van der Waals surface area contributed by atoms with Gasteiger partial charge in [0.1, 0.15) is 0 Å². The van der Waals surface area contributed by atoms with Crippen molar-refractivity contribution in [3.63, 3.8) is 0 Å². The molecule has 1 nitrogen and oxygen atoms in total. The first-order valence-electron chi connectivity index (χ1n) is 5.24. The second-order valence-electron chi connectivity index (χ2n) is 3.63. The Morgan fingerprint density at radius 2 is 1.93 bits per heavy atom. The normalized spacial score (nSPS) is 10.6. The van der Waals surface area contributed by atoms with Crippen LogP contribution in [-0.2, 0) is 6.42 Å². The Hall–Kier alpha value is -1.37. The molecule has 1 heteroatoms. The van der Waals surface area contributed by atoms with Gasteiger partial charge in [-0.2, -0.15) is 0 Å². The molecule has 0 unspecified atom stereocenters. The molecule has 0 spiro atoms. The Balaban J connectivity index is 2.32. The fourth-order valence-corrected chi connectivity index (χ4v) is 1.62. The monoisotopic (exact) mass is 185 g/mol. The lowest BCUT2D eigenvalue weighted by Crippen LogP contribution is -1.89. The van der Waals surface area contributed by atoms with Crippen LogP contribution in [0.1, 0.15) is 25.5 Å². The summed E-state index contributed by atoms with van der Waals surface area (Å²) >= 11 is 0. The van der Waals surface area contributed by atoms with Gasteiger partial charge in [-0.25, -0.2) is 0 Å². The van der Waals surface area contributed by atoms with Gasteiger partial charge in [-0.05, 0) is 24.3 Å². The number of aryl methyl sites for hydroxylation is 1. The van der Waals surface area contributed by atoms with E-state index in [2.05, 4.69) is 42.2 Å². The zero-order valence-corrected chi connectivity index (χ0v) is 8.53. The molecule has 0 aliphatic carbocycles. The summed E-state index contributed by atoms with van der Waals surface area (Å²) in [5, 5.41) is 2.53. The van der Waals surface area contributed by atoms with Crippen LogP contribution in [0.25, 0.3) is 10.8 Å². The Kier molecular flexibility index (Phi) is 2.78. The maximum Gasteiger partial charge on any atom is 0.0410 e. The standard InChI is InChI=1S/C13H15N/c1-2-3-8-13-9-11-6-4-5-7-12(11)10-14-13/h4-7,9-10H,2-3,8H2,1H3. The van der Waals surface area contributed by atoms with Gasteiger partial charge < -0.3 is 0 Å². The molecule has 0 radical (unpaired) electrons. The van der Waals surface area contributed by atoms with Gasteiger partial charge in [0.25, 0.3) is 0 Å². The molecule has 2 rings (SSSR count).